The molecule has 2 aliphatic rings. The Morgan fingerprint density at radius 1 is 1.21 bits per heavy atom. The number of piperazine rings is 1. The number of aromatic nitrogens is 1. The van der Waals surface area contributed by atoms with Crippen LogP contribution in [0.3, 0.4) is 0 Å². The molecule has 0 bridgehead atoms. The topological polar surface area (TPSA) is 64.8 Å². The second-order valence-electron chi connectivity index (χ2n) is 8.62. The fourth-order valence-corrected chi connectivity index (χ4v) is 4.90. The Morgan fingerprint density at radius 2 is 1.97 bits per heavy atom. The second kappa shape index (κ2) is 8.71. The summed E-state index contributed by atoms with van der Waals surface area (Å²) in [6.07, 6.45) is 2.95. The van der Waals surface area contributed by atoms with Crippen molar-refractivity contribution in [3.05, 3.63) is 24.3 Å². The Kier molecular flexibility index (Phi) is 6.06. The Bertz CT molecular complexity index is 792. The number of likely N-dealkylation sites (N-methyl/N-ethyl adjacent to an activating group) is 1. The minimum Gasteiger partial charge on any atom is -0.423 e. The van der Waals surface area contributed by atoms with Crippen molar-refractivity contribution in [1.82, 2.24) is 20.1 Å². The molecule has 7 heteroatoms. The highest BCUT2D eigenvalue weighted by molar-refractivity contribution is 5.85. The van der Waals surface area contributed by atoms with Crippen molar-refractivity contribution in [2.24, 2.45) is 0 Å². The summed E-state index contributed by atoms with van der Waals surface area (Å²) < 4.78 is 5.95. The zero-order valence-electron chi connectivity index (χ0n) is 17.8. The molecule has 0 aliphatic carbocycles. The van der Waals surface area contributed by atoms with Gasteiger partial charge in [-0.3, -0.25) is 9.69 Å². The third-order valence-electron chi connectivity index (χ3n) is 6.29. The van der Waals surface area contributed by atoms with E-state index in [4.69, 9.17) is 4.42 Å². The zero-order chi connectivity index (χ0) is 20.4. The lowest BCUT2D eigenvalue weighted by atomic mass is 10.0. The van der Waals surface area contributed by atoms with E-state index in [1.54, 1.807) is 0 Å². The van der Waals surface area contributed by atoms with Gasteiger partial charge in [-0.2, -0.15) is 4.98 Å². The van der Waals surface area contributed by atoms with E-state index in [0.29, 0.717) is 24.6 Å². The van der Waals surface area contributed by atoms with Gasteiger partial charge in [-0.25, -0.2) is 0 Å². The number of benzene rings is 1. The smallest absolute Gasteiger partial charge is 0.299 e. The van der Waals surface area contributed by atoms with Crippen molar-refractivity contribution in [1.29, 1.82) is 0 Å². The lowest BCUT2D eigenvalue weighted by Gasteiger charge is -2.43. The molecule has 2 aromatic rings. The molecule has 1 aromatic carbocycles. The number of piperidine rings is 1. The average Bonchev–Trinajstić information content (AvgIpc) is 3.14. The normalized spacial score (nSPS) is 26.7. The maximum absolute atomic E-state index is 13.0. The number of anilines is 1. The van der Waals surface area contributed by atoms with E-state index in [9.17, 15) is 4.79 Å². The van der Waals surface area contributed by atoms with E-state index < -0.39 is 0 Å². The summed E-state index contributed by atoms with van der Waals surface area (Å²) in [5, 5.41) is 3.18. The maximum Gasteiger partial charge on any atom is 0.299 e. The van der Waals surface area contributed by atoms with Crippen LogP contribution in [-0.4, -0.2) is 78.6 Å². The van der Waals surface area contributed by atoms with Gasteiger partial charge in [0, 0.05) is 44.8 Å². The minimum atomic E-state index is -0.209. The van der Waals surface area contributed by atoms with Crippen LogP contribution in [0, 0.1) is 0 Å². The summed E-state index contributed by atoms with van der Waals surface area (Å²) in [5.41, 5.74) is 1.61. The molecule has 1 N–H and O–H groups in total. The van der Waals surface area contributed by atoms with E-state index in [-0.39, 0.29) is 11.9 Å². The highest BCUT2D eigenvalue weighted by Gasteiger charge is 2.32. The molecule has 0 radical (unpaired) electrons. The third-order valence-corrected chi connectivity index (χ3v) is 6.29. The number of carbonyl (C=O) groups excluding carboxylic acids is 1. The van der Waals surface area contributed by atoms with Gasteiger partial charge in [0.25, 0.3) is 6.01 Å². The highest BCUT2D eigenvalue weighted by atomic mass is 16.4. The summed E-state index contributed by atoms with van der Waals surface area (Å²) in [6, 6.07) is 9.13. The first kappa shape index (κ1) is 20.2. The first-order valence-electron chi connectivity index (χ1n) is 10.9. The van der Waals surface area contributed by atoms with Crippen LogP contribution >= 0.6 is 0 Å². The van der Waals surface area contributed by atoms with Crippen molar-refractivity contribution in [3.8, 4) is 0 Å². The van der Waals surface area contributed by atoms with Gasteiger partial charge in [0.2, 0.25) is 5.91 Å². The number of amides is 1. The van der Waals surface area contributed by atoms with Crippen molar-refractivity contribution >= 4 is 23.0 Å². The lowest BCUT2D eigenvalue weighted by molar-refractivity contribution is -0.123. The minimum absolute atomic E-state index is 0.0846. The molecule has 2 aliphatic heterocycles. The number of hydrogen-bond donors (Lipinski definition) is 1. The average molecular weight is 400 g/mol. The van der Waals surface area contributed by atoms with Gasteiger partial charge in [0.15, 0.2) is 5.58 Å². The van der Waals surface area contributed by atoms with E-state index in [0.717, 1.165) is 56.5 Å². The largest absolute Gasteiger partial charge is 0.423 e. The van der Waals surface area contributed by atoms with Gasteiger partial charge in [0.1, 0.15) is 11.6 Å². The van der Waals surface area contributed by atoms with Crippen LogP contribution in [-0.2, 0) is 4.79 Å². The molecule has 158 valence electrons. The molecule has 1 amide bonds. The van der Waals surface area contributed by atoms with Crippen LogP contribution in [0.25, 0.3) is 11.1 Å². The molecular weight excluding hydrogens is 366 g/mol. The van der Waals surface area contributed by atoms with E-state index >= 15 is 0 Å². The van der Waals surface area contributed by atoms with E-state index in [1.807, 2.05) is 29.2 Å². The molecule has 0 spiro atoms. The number of rotatable bonds is 5. The number of carbonyl (C=O) groups is 1. The Hall–Kier alpha value is -2.12. The van der Waals surface area contributed by atoms with Gasteiger partial charge in [-0.05, 0) is 52.3 Å². The number of fused-ring (bicyclic) bond motifs is 1. The highest BCUT2D eigenvalue weighted by Crippen LogP contribution is 2.27. The van der Waals surface area contributed by atoms with Crippen LogP contribution in [0.15, 0.2) is 28.7 Å². The molecule has 7 nitrogen and oxygen atoms in total. The number of nitrogens with zero attached hydrogens (tertiary/aromatic N) is 4. The fraction of sp³-hybridized carbons (Fsp3) is 0.636. The zero-order valence-corrected chi connectivity index (χ0v) is 17.8. The summed E-state index contributed by atoms with van der Waals surface area (Å²) in [4.78, 5) is 24.5. The van der Waals surface area contributed by atoms with Crippen LogP contribution in [0.2, 0.25) is 0 Å². The monoisotopic (exact) mass is 399 g/mol. The van der Waals surface area contributed by atoms with Crippen molar-refractivity contribution in [2.45, 2.75) is 51.2 Å². The predicted octanol–water partition coefficient (Wildman–Crippen LogP) is 2.33. The molecule has 2 fully saturated rings. The van der Waals surface area contributed by atoms with Crippen LogP contribution < -0.4 is 10.2 Å². The standard InChI is InChI=1S/C22H33N5O2/c1-16-14-25(3)15-17(2)26(16)13-11-23-21(28)19-9-6-7-12-27(19)22-24-18-8-4-5-10-20(18)29-22/h4-5,8,10,16-17,19H,6-7,9,11-15H2,1-3H3,(H,23,28)/t16-,17+,19-/m0/s1. The number of para-hydroxylation sites is 2. The molecule has 3 atom stereocenters. The van der Waals surface area contributed by atoms with Gasteiger partial charge >= 0.3 is 0 Å². The first-order valence-corrected chi connectivity index (χ1v) is 10.9. The van der Waals surface area contributed by atoms with Gasteiger partial charge in [-0.1, -0.05) is 12.1 Å². The Balaban J connectivity index is 1.37. The molecule has 0 unspecified atom stereocenters. The maximum atomic E-state index is 13.0. The summed E-state index contributed by atoms with van der Waals surface area (Å²) in [6.45, 7) is 9.05. The lowest BCUT2D eigenvalue weighted by Crippen LogP contribution is -2.57. The van der Waals surface area contributed by atoms with Gasteiger partial charge < -0.3 is 19.5 Å². The Labute approximate surface area is 173 Å². The number of nitrogens with one attached hydrogen (secondary N) is 1. The predicted molar refractivity (Wildman–Crippen MR) is 115 cm³/mol. The van der Waals surface area contributed by atoms with Gasteiger partial charge in [0.05, 0.1) is 0 Å². The van der Waals surface area contributed by atoms with Crippen LogP contribution in [0.1, 0.15) is 33.1 Å². The fourth-order valence-electron chi connectivity index (χ4n) is 4.90. The van der Waals surface area contributed by atoms with Crippen LogP contribution in [0.5, 0.6) is 0 Å². The van der Waals surface area contributed by atoms with Crippen molar-refractivity contribution in [2.75, 3.05) is 44.7 Å². The van der Waals surface area contributed by atoms with Crippen molar-refractivity contribution < 1.29 is 9.21 Å². The molecule has 4 rings (SSSR count). The number of oxazole rings is 1. The Morgan fingerprint density at radius 3 is 2.72 bits per heavy atom. The summed E-state index contributed by atoms with van der Waals surface area (Å²) >= 11 is 0. The summed E-state index contributed by atoms with van der Waals surface area (Å²) in [7, 11) is 2.18. The quantitative estimate of drug-likeness (QED) is 0.833. The molecule has 1 aromatic heterocycles. The van der Waals surface area contributed by atoms with Crippen molar-refractivity contribution in [3.63, 3.8) is 0 Å². The van der Waals surface area contributed by atoms with E-state index in [2.05, 4.69) is 41.0 Å². The summed E-state index contributed by atoms with van der Waals surface area (Å²) in [5.74, 6) is 0.0846. The molecule has 2 saturated heterocycles. The van der Waals surface area contributed by atoms with Crippen LogP contribution in [0.4, 0.5) is 6.01 Å². The second-order valence-corrected chi connectivity index (χ2v) is 8.62. The molecular formula is C22H33N5O2. The molecule has 3 heterocycles. The number of hydrogen-bond acceptors (Lipinski definition) is 6. The van der Waals surface area contributed by atoms with E-state index in [1.165, 1.54) is 0 Å². The van der Waals surface area contributed by atoms with Gasteiger partial charge in [-0.15, -0.1) is 0 Å². The first-order chi connectivity index (χ1) is 14.0. The SMILES string of the molecule is C[C@@H]1CN(C)C[C@H](C)N1CCNC(=O)[C@@H]1CCCCN1c1nc2ccccc2o1. The third kappa shape index (κ3) is 4.41. The molecule has 0 saturated carbocycles. The molecule has 29 heavy (non-hydrogen) atoms.